The number of sulfonamides is 1. The third-order valence-corrected chi connectivity index (χ3v) is 7.97. The van der Waals surface area contributed by atoms with Crippen LogP contribution in [0, 0.1) is 19.8 Å². The van der Waals surface area contributed by atoms with Gasteiger partial charge < -0.3 is 10.1 Å². The van der Waals surface area contributed by atoms with E-state index in [9.17, 15) is 13.2 Å². The first-order valence-electron chi connectivity index (χ1n) is 11.0. The van der Waals surface area contributed by atoms with Crippen molar-refractivity contribution < 1.29 is 17.9 Å². The monoisotopic (exact) mass is 442 g/mol. The molecule has 0 spiro atoms. The first-order chi connectivity index (χ1) is 14.8. The van der Waals surface area contributed by atoms with E-state index in [4.69, 9.17) is 4.74 Å². The van der Waals surface area contributed by atoms with E-state index in [-0.39, 0.29) is 17.3 Å². The Labute approximate surface area is 184 Å². The van der Waals surface area contributed by atoms with Gasteiger partial charge in [-0.05, 0) is 62.4 Å². The summed E-state index contributed by atoms with van der Waals surface area (Å²) in [5.74, 6) is 0.643. The molecule has 1 atom stereocenters. The molecule has 0 aromatic heterocycles. The van der Waals surface area contributed by atoms with E-state index in [0.29, 0.717) is 23.9 Å². The number of nitrogens with zero attached hydrogens (tertiary/aromatic N) is 1. The second-order valence-electron chi connectivity index (χ2n) is 8.68. The van der Waals surface area contributed by atoms with Gasteiger partial charge in [0, 0.05) is 6.54 Å². The maximum atomic E-state index is 13.5. The number of benzene rings is 2. The topological polar surface area (TPSA) is 75.7 Å². The molecule has 2 aromatic carbocycles. The van der Waals surface area contributed by atoms with Gasteiger partial charge in [0.15, 0.2) is 6.10 Å². The maximum absolute atomic E-state index is 13.5. The van der Waals surface area contributed by atoms with Crippen molar-refractivity contribution >= 4 is 21.6 Å². The number of hydrogen-bond donors (Lipinski definition) is 1. The lowest BCUT2D eigenvalue weighted by molar-refractivity contribution is -0.128. The molecule has 1 N–H and O–H groups in total. The molecule has 7 heteroatoms. The standard InChI is InChI=1S/C24H30N2O4S/c1-17-8-11-20(12-9-17)31(28,29)26-16-23(30-22-14-18(2)10-13-21(22)26)24(27)25-15-19-6-4-3-5-7-19/h8-14,19,23H,3-7,15-16H2,1-2H3,(H,25,27)/t23-/m0/s1. The Morgan fingerprint density at radius 2 is 1.71 bits per heavy atom. The number of carbonyl (C=O) groups is 1. The van der Waals surface area contributed by atoms with Gasteiger partial charge in [-0.15, -0.1) is 0 Å². The van der Waals surface area contributed by atoms with Gasteiger partial charge in [0.1, 0.15) is 5.75 Å². The minimum Gasteiger partial charge on any atom is -0.476 e. The summed E-state index contributed by atoms with van der Waals surface area (Å²) in [5.41, 5.74) is 2.38. The predicted octanol–water partition coefficient (Wildman–Crippen LogP) is 3.96. The molecule has 1 aliphatic carbocycles. The van der Waals surface area contributed by atoms with Crippen molar-refractivity contribution in [2.45, 2.75) is 57.0 Å². The summed E-state index contributed by atoms with van der Waals surface area (Å²) in [6, 6.07) is 12.1. The minimum absolute atomic E-state index is 0.0528. The Morgan fingerprint density at radius 1 is 1.03 bits per heavy atom. The van der Waals surface area contributed by atoms with Crippen molar-refractivity contribution in [3.05, 3.63) is 53.6 Å². The lowest BCUT2D eigenvalue weighted by Crippen LogP contribution is -2.51. The molecule has 4 rings (SSSR count). The highest BCUT2D eigenvalue weighted by Gasteiger charge is 2.37. The number of ether oxygens (including phenoxy) is 1. The van der Waals surface area contributed by atoms with E-state index >= 15 is 0 Å². The van der Waals surface area contributed by atoms with E-state index in [0.717, 1.165) is 24.0 Å². The predicted molar refractivity (Wildman–Crippen MR) is 121 cm³/mol. The van der Waals surface area contributed by atoms with Crippen LogP contribution in [0.4, 0.5) is 5.69 Å². The molecule has 0 saturated heterocycles. The molecular weight excluding hydrogens is 412 g/mol. The lowest BCUT2D eigenvalue weighted by atomic mass is 9.89. The van der Waals surface area contributed by atoms with Crippen molar-refractivity contribution in [1.82, 2.24) is 5.32 Å². The summed E-state index contributed by atoms with van der Waals surface area (Å²) < 4.78 is 34.2. The van der Waals surface area contributed by atoms with Crippen LogP contribution < -0.4 is 14.4 Å². The summed E-state index contributed by atoms with van der Waals surface area (Å²) in [7, 11) is -3.83. The summed E-state index contributed by atoms with van der Waals surface area (Å²) >= 11 is 0. The van der Waals surface area contributed by atoms with Crippen LogP contribution in [0.5, 0.6) is 5.75 Å². The molecule has 0 radical (unpaired) electrons. The molecule has 1 fully saturated rings. The highest BCUT2D eigenvalue weighted by Crippen LogP contribution is 2.37. The molecule has 31 heavy (non-hydrogen) atoms. The normalized spacial score (nSPS) is 19.4. The first-order valence-corrected chi connectivity index (χ1v) is 12.4. The molecule has 2 aliphatic rings. The SMILES string of the molecule is Cc1ccc(S(=O)(=O)N2C[C@@H](C(=O)NCC3CCCCC3)Oc3cc(C)ccc32)cc1. The average Bonchev–Trinajstić information content (AvgIpc) is 2.77. The van der Waals surface area contributed by atoms with Crippen LogP contribution in [-0.4, -0.2) is 33.5 Å². The van der Waals surface area contributed by atoms with Crippen LogP contribution >= 0.6 is 0 Å². The van der Waals surface area contributed by atoms with E-state index in [1.165, 1.54) is 23.6 Å². The largest absolute Gasteiger partial charge is 0.476 e. The van der Waals surface area contributed by atoms with Gasteiger partial charge in [0.05, 0.1) is 17.1 Å². The van der Waals surface area contributed by atoms with Gasteiger partial charge in [0.2, 0.25) is 0 Å². The van der Waals surface area contributed by atoms with Crippen LogP contribution in [0.2, 0.25) is 0 Å². The van der Waals surface area contributed by atoms with Crippen LogP contribution in [0.1, 0.15) is 43.2 Å². The number of rotatable bonds is 5. The van der Waals surface area contributed by atoms with Crippen molar-refractivity contribution in [1.29, 1.82) is 0 Å². The van der Waals surface area contributed by atoms with Gasteiger partial charge in [-0.3, -0.25) is 9.10 Å². The third-order valence-electron chi connectivity index (χ3n) is 6.18. The summed E-state index contributed by atoms with van der Waals surface area (Å²) in [6.45, 7) is 4.39. The number of carbonyl (C=O) groups excluding carboxylic acids is 1. The van der Waals surface area contributed by atoms with Crippen LogP contribution in [0.3, 0.4) is 0 Å². The number of fused-ring (bicyclic) bond motifs is 1. The second kappa shape index (κ2) is 8.91. The zero-order valence-corrected chi connectivity index (χ0v) is 19.0. The number of aryl methyl sites for hydroxylation is 2. The molecule has 1 heterocycles. The molecular formula is C24H30N2O4S. The highest BCUT2D eigenvalue weighted by molar-refractivity contribution is 7.92. The fourth-order valence-electron chi connectivity index (χ4n) is 4.31. The first kappa shape index (κ1) is 21.7. The highest BCUT2D eigenvalue weighted by atomic mass is 32.2. The Morgan fingerprint density at radius 3 is 2.42 bits per heavy atom. The minimum atomic E-state index is -3.83. The molecule has 1 saturated carbocycles. The number of nitrogens with one attached hydrogen (secondary N) is 1. The number of amides is 1. The average molecular weight is 443 g/mol. The molecule has 1 aliphatic heterocycles. The summed E-state index contributed by atoms with van der Waals surface area (Å²) in [5, 5.41) is 3.00. The molecule has 0 bridgehead atoms. The second-order valence-corrected chi connectivity index (χ2v) is 10.5. The molecule has 2 aromatic rings. The Bertz CT molecular complexity index is 1040. The maximum Gasteiger partial charge on any atom is 0.264 e. The molecule has 166 valence electrons. The Kier molecular flexibility index (Phi) is 6.23. The smallest absolute Gasteiger partial charge is 0.264 e. The molecule has 0 unspecified atom stereocenters. The van der Waals surface area contributed by atoms with Gasteiger partial charge in [-0.1, -0.05) is 43.0 Å². The van der Waals surface area contributed by atoms with Crippen LogP contribution in [0.25, 0.3) is 0 Å². The van der Waals surface area contributed by atoms with Crippen molar-refractivity contribution in [3.63, 3.8) is 0 Å². The van der Waals surface area contributed by atoms with E-state index in [1.54, 1.807) is 36.4 Å². The number of hydrogen-bond acceptors (Lipinski definition) is 4. The zero-order chi connectivity index (χ0) is 22.0. The van der Waals surface area contributed by atoms with Crippen molar-refractivity contribution in [2.24, 2.45) is 5.92 Å². The fourth-order valence-corrected chi connectivity index (χ4v) is 5.79. The van der Waals surface area contributed by atoms with Gasteiger partial charge in [-0.25, -0.2) is 8.42 Å². The molecule has 1 amide bonds. The molecule has 6 nitrogen and oxygen atoms in total. The fraction of sp³-hybridized carbons (Fsp3) is 0.458. The van der Waals surface area contributed by atoms with E-state index in [1.807, 2.05) is 19.9 Å². The van der Waals surface area contributed by atoms with Gasteiger partial charge in [-0.2, -0.15) is 0 Å². The summed E-state index contributed by atoms with van der Waals surface area (Å²) in [6.07, 6.45) is 5.03. The van der Waals surface area contributed by atoms with Crippen LogP contribution in [-0.2, 0) is 14.8 Å². The Balaban J connectivity index is 1.59. The van der Waals surface area contributed by atoms with Crippen LogP contribution in [0.15, 0.2) is 47.4 Å². The van der Waals surface area contributed by atoms with Crippen molar-refractivity contribution in [2.75, 3.05) is 17.4 Å². The third kappa shape index (κ3) is 4.71. The van der Waals surface area contributed by atoms with E-state index in [2.05, 4.69) is 5.32 Å². The van der Waals surface area contributed by atoms with Gasteiger partial charge >= 0.3 is 0 Å². The van der Waals surface area contributed by atoms with Crippen molar-refractivity contribution in [3.8, 4) is 5.75 Å². The quantitative estimate of drug-likeness (QED) is 0.761. The van der Waals surface area contributed by atoms with Gasteiger partial charge in [0.25, 0.3) is 15.9 Å². The summed E-state index contributed by atoms with van der Waals surface area (Å²) in [4.78, 5) is 13.1. The number of anilines is 1. The zero-order valence-electron chi connectivity index (χ0n) is 18.1. The lowest BCUT2D eigenvalue weighted by Gasteiger charge is -2.35. The van der Waals surface area contributed by atoms with E-state index < -0.39 is 16.1 Å². The Hall–Kier alpha value is -2.54.